The molecule has 5 aliphatic rings. The summed E-state index contributed by atoms with van der Waals surface area (Å²) in [6, 6.07) is 6.50. The zero-order valence-corrected chi connectivity index (χ0v) is 31.0. The van der Waals surface area contributed by atoms with E-state index >= 15 is 4.79 Å². The number of hydrogen-bond acceptors (Lipinski definition) is 10. The Morgan fingerprint density at radius 2 is 1.78 bits per heavy atom. The second-order valence-electron chi connectivity index (χ2n) is 14.2. The molecular weight excluding hydrogens is 724 g/mol. The predicted octanol–water partition coefficient (Wildman–Crippen LogP) is 1.80. The zero-order valence-electron chi connectivity index (χ0n) is 29.4. The first-order valence-corrected chi connectivity index (χ1v) is 18.7. The molecule has 2 N–H and O–H groups in total. The van der Waals surface area contributed by atoms with Crippen LogP contribution in [0.25, 0.3) is 0 Å². The number of benzene rings is 1. The van der Waals surface area contributed by atoms with E-state index in [9.17, 15) is 19.5 Å². The highest BCUT2D eigenvalue weighted by atomic mass is 79.9. The summed E-state index contributed by atoms with van der Waals surface area (Å²) in [5, 5.41) is 13.7. The number of halogens is 1. The maximum Gasteiger partial charge on any atom is 0.313 e. The Labute approximate surface area is 307 Å². The summed E-state index contributed by atoms with van der Waals surface area (Å²) in [4.78, 5) is 63.1. The zero-order chi connectivity index (χ0) is 36.3. The van der Waals surface area contributed by atoms with Crippen LogP contribution in [0.2, 0.25) is 0 Å². The van der Waals surface area contributed by atoms with Crippen molar-refractivity contribution in [3.05, 3.63) is 58.6 Å². The molecule has 0 aromatic heterocycles. The number of carbonyl (C=O) groups excluding carboxylic acids is 4. The van der Waals surface area contributed by atoms with Crippen LogP contribution in [0.1, 0.15) is 38.4 Å². The van der Waals surface area contributed by atoms with Gasteiger partial charge in [0.15, 0.2) is 0 Å². The number of fused-ring (bicyclic) bond motifs is 2. The summed E-state index contributed by atoms with van der Waals surface area (Å²) in [6.45, 7) is 7.37. The van der Waals surface area contributed by atoms with Gasteiger partial charge in [0.05, 0.1) is 44.4 Å². The van der Waals surface area contributed by atoms with Gasteiger partial charge in [0.25, 0.3) is 0 Å². The minimum atomic E-state index is -1.49. The number of rotatable bonds is 9. The summed E-state index contributed by atoms with van der Waals surface area (Å²) >= 11 is 3.62. The molecular formula is C37H49BrN4O9. The maximum absolute atomic E-state index is 15.0. The van der Waals surface area contributed by atoms with Gasteiger partial charge in [-0.05, 0) is 24.0 Å². The van der Waals surface area contributed by atoms with Gasteiger partial charge in [-0.2, -0.15) is 0 Å². The van der Waals surface area contributed by atoms with Crippen molar-refractivity contribution in [3.63, 3.8) is 0 Å². The smallest absolute Gasteiger partial charge is 0.313 e. The molecule has 14 heteroatoms. The van der Waals surface area contributed by atoms with Gasteiger partial charge in [0.2, 0.25) is 17.7 Å². The number of aliphatic hydroxyl groups excluding tert-OH is 1. The Bertz CT molecular complexity index is 1500. The number of amides is 3. The monoisotopic (exact) mass is 772 g/mol. The molecule has 8 atom stereocenters. The van der Waals surface area contributed by atoms with Crippen molar-refractivity contribution in [1.82, 2.24) is 20.0 Å². The molecule has 5 aliphatic heterocycles. The molecule has 0 radical (unpaired) electrons. The van der Waals surface area contributed by atoms with E-state index in [0.29, 0.717) is 42.8 Å². The average molecular weight is 774 g/mol. The summed E-state index contributed by atoms with van der Waals surface area (Å²) < 4.78 is 24.6. The molecule has 1 aromatic carbocycles. The third-order valence-electron chi connectivity index (χ3n) is 10.7. The van der Waals surface area contributed by atoms with Crippen molar-refractivity contribution >= 4 is 39.6 Å². The molecule has 1 aromatic rings. The predicted molar refractivity (Wildman–Crippen MR) is 189 cm³/mol. The third kappa shape index (κ3) is 7.40. The van der Waals surface area contributed by atoms with Crippen molar-refractivity contribution in [3.8, 4) is 0 Å². The Balaban J connectivity index is 1.44. The summed E-state index contributed by atoms with van der Waals surface area (Å²) in [5.41, 5.74) is -0.844. The molecule has 13 nitrogen and oxygen atoms in total. The highest BCUT2D eigenvalue weighted by molar-refractivity contribution is 9.11. The van der Waals surface area contributed by atoms with Gasteiger partial charge < -0.3 is 39.2 Å². The highest BCUT2D eigenvalue weighted by Crippen LogP contribution is 2.59. The number of cyclic esters (lactones) is 1. The first-order valence-electron chi connectivity index (χ1n) is 17.9. The van der Waals surface area contributed by atoms with E-state index in [2.05, 4.69) is 26.1 Å². The van der Waals surface area contributed by atoms with Gasteiger partial charge >= 0.3 is 5.97 Å². The molecule has 278 valence electrons. The van der Waals surface area contributed by atoms with Crippen LogP contribution in [0.15, 0.2) is 53.0 Å². The fraction of sp³-hybridized carbons (Fsp3) is 0.622. The minimum Gasteiger partial charge on any atom is -0.455 e. The number of nitrogens with one attached hydrogen (secondary N) is 1. The summed E-state index contributed by atoms with van der Waals surface area (Å²) in [5.74, 6) is -4.11. The molecule has 0 unspecified atom stereocenters. The van der Waals surface area contributed by atoms with Crippen LogP contribution in [-0.2, 0) is 38.1 Å². The number of ether oxygens (including phenoxy) is 4. The molecule has 0 saturated carbocycles. The number of aliphatic hydroxyl groups is 1. The van der Waals surface area contributed by atoms with E-state index < -0.39 is 59.6 Å². The summed E-state index contributed by atoms with van der Waals surface area (Å²) in [6.07, 6.45) is 4.28. The number of allylic oxidation sites excluding steroid dienone is 1. The van der Waals surface area contributed by atoms with Crippen LogP contribution in [0, 0.1) is 17.8 Å². The van der Waals surface area contributed by atoms with E-state index in [0.717, 1.165) is 13.1 Å². The molecule has 6 rings (SSSR count). The van der Waals surface area contributed by atoms with Crippen molar-refractivity contribution in [2.45, 2.75) is 62.6 Å². The number of nitrogens with zero attached hydrogens (tertiary/aromatic N) is 3. The lowest BCUT2D eigenvalue weighted by Gasteiger charge is -2.40. The number of esters is 1. The van der Waals surface area contributed by atoms with E-state index in [4.69, 9.17) is 18.9 Å². The van der Waals surface area contributed by atoms with Gasteiger partial charge in [-0.1, -0.05) is 72.3 Å². The van der Waals surface area contributed by atoms with Gasteiger partial charge in [0, 0.05) is 50.7 Å². The second kappa shape index (κ2) is 16.3. The van der Waals surface area contributed by atoms with Crippen LogP contribution in [-0.4, -0.2) is 140 Å². The quantitative estimate of drug-likeness (QED) is 0.282. The first kappa shape index (κ1) is 37.6. The normalized spacial score (nSPS) is 33.3. The Kier molecular flexibility index (Phi) is 12.0. The number of methoxy groups -OCH3 is 1. The van der Waals surface area contributed by atoms with Crippen molar-refractivity contribution in [2.75, 3.05) is 66.3 Å². The molecule has 51 heavy (non-hydrogen) atoms. The Morgan fingerprint density at radius 3 is 2.47 bits per heavy atom. The van der Waals surface area contributed by atoms with E-state index in [1.807, 2.05) is 56.3 Å². The number of likely N-dealkylation sites (tertiary alicyclic amines) is 1. The largest absolute Gasteiger partial charge is 0.455 e. The van der Waals surface area contributed by atoms with Gasteiger partial charge in [-0.25, -0.2) is 0 Å². The molecule has 5 heterocycles. The number of hydrogen-bond donors (Lipinski definition) is 2. The van der Waals surface area contributed by atoms with Gasteiger partial charge in [-0.15, -0.1) is 0 Å². The van der Waals surface area contributed by atoms with E-state index in [1.165, 1.54) is 12.0 Å². The molecule has 1 spiro atoms. The lowest BCUT2D eigenvalue weighted by atomic mass is 9.74. The molecule has 3 saturated heterocycles. The van der Waals surface area contributed by atoms with Crippen molar-refractivity contribution in [1.29, 1.82) is 0 Å². The average Bonchev–Trinajstić information content (AvgIpc) is 3.72. The highest BCUT2D eigenvalue weighted by Gasteiger charge is 2.75. The molecule has 3 amide bonds. The lowest BCUT2D eigenvalue weighted by molar-refractivity contribution is -0.163. The first-order chi connectivity index (χ1) is 24.6. The maximum atomic E-state index is 15.0. The van der Waals surface area contributed by atoms with Crippen LogP contribution in [0.4, 0.5) is 0 Å². The van der Waals surface area contributed by atoms with Crippen molar-refractivity contribution < 1.29 is 43.2 Å². The fourth-order valence-corrected chi connectivity index (χ4v) is 8.90. The minimum absolute atomic E-state index is 0.0595. The van der Waals surface area contributed by atoms with E-state index in [-0.39, 0.29) is 43.9 Å². The van der Waals surface area contributed by atoms with Gasteiger partial charge in [0.1, 0.15) is 29.8 Å². The molecule has 0 aliphatic carbocycles. The summed E-state index contributed by atoms with van der Waals surface area (Å²) in [7, 11) is 1.51. The number of carbonyl (C=O) groups is 4. The Morgan fingerprint density at radius 1 is 1.04 bits per heavy atom. The van der Waals surface area contributed by atoms with Gasteiger partial charge in [-0.3, -0.25) is 24.1 Å². The number of morpholine rings is 1. The van der Waals surface area contributed by atoms with Crippen molar-refractivity contribution in [2.24, 2.45) is 17.8 Å². The SMILES string of the molecule is COC[C@H]1NC(=O)CC/C=C\CN(CCN2CCOCC2)C(=O)[C@@H]2N([C@@H](CO)C(C)C)C(=O)[C@H]3[C@H](C(=O)O[C@@H]1c1ccccc1)[C@H]1O[C@@]23C=C1Br. The fourth-order valence-electron chi connectivity index (χ4n) is 8.16. The molecule has 3 fully saturated rings. The van der Waals surface area contributed by atoms with Crippen LogP contribution in [0.5, 0.6) is 0 Å². The van der Waals surface area contributed by atoms with Crippen LogP contribution < -0.4 is 5.32 Å². The standard InChI is InChI=1S/C37H49BrN4O9/c1-23(2)27(21-43)42-33-35(46)41(15-14-40-16-18-49-19-17-40)13-9-5-8-12-28(44)39-26(22-48-3)31(24-10-6-4-7-11-24)50-36(47)29-30(34(42)45)37(33)20-25(38)32(29)51-37/h4-7,9-11,20,23,26-27,29-33,43H,8,12-19,21-22H2,1-3H3,(H,39,44)/b9-5-/t26-,27+,29+,30-,31-,32+,33+,37-/m1/s1. The lowest BCUT2D eigenvalue weighted by Crippen LogP contribution is -2.60. The second-order valence-corrected chi connectivity index (χ2v) is 15.1. The third-order valence-corrected chi connectivity index (χ3v) is 11.4. The Hall–Kier alpha value is -3.14. The van der Waals surface area contributed by atoms with Crippen LogP contribution >= 0.6 is 15.9 Å². The van der Waals surface area contributed by atoms with Crippen LogP contribution in [0.3, 0.4) is 0 Å². The topological polar surface area (TPSA) is 147 Å². The molecule has 5 bridgehead atoms. The van der Waals surface area contributed by atoms with E-state index in [1.54, 1.807) is 11.0 Å².